The second-order valence-electron chi connectivity index (χ2n) is 4.76. The summed E-state index contributed by atoms with van der Waals surface area (Å²) in [6.07, 6.45) is 1.32. The summed E-state index contributed by atoms with van der Waals surface area (Å²) >= 11 is 0. The van der Waals surface area contributed by atoms with Crippen molar-refractivity contribution in [1.29, 1.82) is 0 Å². The summed E-state index contributed by atoms with van der Waals surface area (Å²) in [4.78, 5) is 0. The van der Waals surface area contributed by atoms with Crippen molar-refractivity contribution < 1.29 is 4.74 Å². The smallest absolute Gasteiger partial charge is 0.0351 e. The Hall–Kier alpha value is -0.0400. The monoisotopic (exact) mass is 202 g/mol. The van der Waals surface area contributed by atoms with Crippen LogP contribution in [0.2, 0.25) is 0 Å². The van der Waals surface area contributed by atoms with Crippen molar-refractivity contribution in [2.24, 2.45) is 23.7 Å². The first-order valence-electron chi connectivity index (χ1n) is 5.82. The Morgan fingerprint density at radius 1 is 0.857 bits per heavy atom. The van der Waals surface area contributed by atoms with Crippen LogP contribution in [-0.4, -0.2) is 14.2 Å². The Balaban J connectivity index is 0. The first-order valence-corrected chi connectivity index (χ1v) is 5.82. The van der Waals surface area contributed by atoms with E-state index >= 15 is 0 Å². The molecule has 0 aliphatic carbocycles. The lowest BCUT2D eigenvalue weighted by molar-refractivity contribution is 0.219. The predicted octanol–water partition coefficient (Wildman–Crippen LogP) is 4.22. The van der Waals surface area contributed by atoms with Gasteiger partial charge in [-0.25, -0.2) is 0 Å². The van der Waals surface area contributed by atoms with E-state index in [0.717, 1.165) is 23.7 Å². The van der Waals surface area contributed by atoms with Crippen LogP contribution < -0.4 is 0 Å². The highest BCUT2D eigenvalue weighted by Gasteiger charge is 2.19. The van der Waals surface area contributed by atoms with Gasteiger partial charge in [0.05, 0.1) is 0 Å². The maximum Gasteiger partial charge on any atom is 0.0351 e. The highest BCUT2D eigenvalue weighted by atomic mass is 16.4. The zero-order valence-electron chi connectivity index (χ0n) is 11.4. The zero-order chi connectivity index (χ0) is 11.7. The van der Waals surface area contributed by atoms with Crippen LogP contribution >= 0.6 is 0 Å². The SMILES string of the molecule is CCC(C)C(C)C(C)C(C)C.COC. The number of hydrogen-bond donors (Lipinski definition) is 0. The molecule has 0 N–H and O–H groups in total. The molecule has 3 unspecified atom stereocenters. The fraction of sp³-hybridized carbons (Fsp3) is 1.00. The van der Waals surface area contributed by atoms with Gasteiger partial charge >= 0.3 is 0 Å². The first-order chi connectivity index (χ1) is 6.42. The number of rotatable bonds is 4. The van der Waals surface area contributed by atoms with E-state index in [1.54, 1.807) is 14.2 Å². The summed E-state index contributed by atoms with van der Waals surface area (Å²) in [6.45, 7) is 14.1. The minimum Gasteiger partial charge on any atom is -0.388 e. The summed E-state index contributed by atoms with van der Waals surface area (Å²) in [6, 6.07) is 0. The number of hydrogen-bond acceptors (Lipinski definition) is 1. The molecule has 0 aliphatic heterocycles. The molecule has 0 bridgehead atoms. The van der Waals surface area contributed by atoms with Gasteiger partial charge in [-0.2, -0.15) is 0 Å². The molecule has 1 nitrogen and oxygen atoms in total. The molecule has 1 heteroatoms. The molecule has 0 aromatic carbocycles. The second kappa shape index (κ2) is 9.51. The fourth-order valence-corrected chi connectivity index (χ4v) is 1.50. The minimum atomic E-state index is 0.832. The van der Waals surface area contributed by atoms with E-state index in [-0.39, 0.29) is 0 Å². The average molecular weight is 202 g/mol. The van der Waals surface area contributed by atoms with Crippen LogP contribution in [0.25, 0.3) is 0 Å². The normalized spacial score (nSPS) is 16.9. The summed E-state index contributed by atoms with van der Waals surface area (Å²) in [5.41, 5.74) is 0. The quantitative estimate of drug-likeness (QED) is 0.663. The summed E-state index contributed by atoms with van der Waals surface area (Å²) < 4.78 is 4.25. The molecule has 0 radical (unpaired) electrons. The maximum atomic E-state index is 4.25. The topological polar surface area (TPSA) is 9.23 Å². The average Bonchev–Trinajstić information content (AvgIpc) is 2.15. The molecule has 0 fully saturated rings. The van der Waals surface area contributed by atoms with Crippen molar-refractivity contribution >= 4 is 0 Å². The Morgan fingerprint density at radius 2 is 1.21 bits per heavy atom. The summed E-state index contributed by atoms with van der Waals surface area (Å²) in [7, 11) is 3.25. The van der Waals surface area contributed by atoms with Crippen LogP contribution in [0.4, 0.5) is 0 Å². The molecular weight excluding hydrogens is 172 g/mol. The largest absolute Gasteiger partial charge is 0.388 e. The molecule has 0 saturated heterocycles. The van der Waals surface area contributed by atoms with Crippen molar-refractivity contribution in [2.45, 2.75) is 48.0 Å². The van der Waals surface area contributed by atoms with Crippen LogP contribution in [0.1, 0.15) is 48.0 Å². The van der Waals surface area contributed by atoms with E-state index in [1.807, 2.05) is 0 Å². The Kier molecular flexibility index (Phi) is 11.1. The van der Waals surface area contributed by atoms with Gasteiger partial charge in [0.25, 0.3) is 0 Å². The molecule has 0 aromatic rings. The fourth-order valence-electron chi connectivity index (χ4n) is 1.50. The third kappa shape index (κ3) is 7.37. The Bertz CT molecular complexity index is 110. The van der Waals surface area contributed by atoms with Gasteiger partial charge in [0.1, 0.15) is 0 Å². The second-order valence-corrected chi connectivity index (χ2v) is 4.76. The number of methoxy groups -OCH3 is 1. The van der Waals surface area contributed by atoms with E-state index in [2.05, 4.69) is 46.3 Å². The van der Waals surface area contributed by atoms with Crippen molar-refractivity contribution in [3.63, 3.8) is 0 Å². The standard InChI is InChI=1S/C11H24.C2H6O/c1-7-9(4)11(6)10(5)8(2)3;1-3-2/h8-11H,7H2,1-6H3;1-2H3. The molecule has 88 valence electrons. The zero-order valence-corrected chi connectivity index (χ0v) is 11.4. The van der Waals surface area contributed by atoms with Gasteiger partial charge in [-0.05, 0) is 23.7 Å². The highest BCUT2D eigenvalue weighted by Crippen LogP contribution is 2.27. The molecular formula is C13H30O. The van der Waals surface area contributed by atoms with Crippen molar-refractivity contribution in [3.8, 4) is 0 Å². The minimum absolute atomic E-state index is 0.832. The highest BCUT2D eigenvalue weighted by molar-refractivity contribution is 4.69. The molecule has 0 aliphatic rings. The van der Waals surface area contributed by atoms with Gasteiger partial charge in [-0.3, -0.25) is 0 Å². The van der Waals surface area contributed by atoms with Gasteiger partial charge in [0.2, 0.25) is 0 Å². The third-order valence-corrected chi connectivity index (χ3v) is 3.42. The molecule has 0 amide bonds. The van der Waals surface area contributed by atoms with Gasteiger partial charge in [0, 0.05) is 14.2 Å². The van der Waals surface area contributed by atoms with Crippen molar-refractivity contribution in [2.75, 3.05) is 14.2 Å². The van der Waals surface area contributed by atoms with Crippen LogP contribution in [0.5, 0.6) is 0 Å². The van der Waals surface area contributed by atoms with Crippen LogP contribution in [0.3, 0.4) is 0 Å². The first kappa shape index (κ1) is 16.4. The van der Waals surface area contributed by atoms with Crippen LogP contribution in [0.15, 0.2) is 0 Å². The molecule has 14 heavy (non-hydrogen) atoms. The van der Waals surface area contributed by atoms with Gasteiger partial charge in [-0.1, -0.05) is 48.0 Å². The molecule has 0 spiro atoms. The lowest BCUT2D eigenvalue weighted by Gasteiger charge is -2.28. The Labute approximate surface area is 91.2 Å². The van der Waals surface area contributed by atoms with E-state index < -0.39 is 0 Å². The van der Waals surface area contributed by atoms with Crippen molar-refractivity contribution in [3.05, 3.63) is 0 Å². The molecule has 0 saturated carbocycles. The van der Waals surface area contributed by atoms with E-state index in [0.29, 0.717) is 0 Å². The maximum absolute atomic E-state index is 4.25. The van der Waals surface area contributed by atoms with Gasteiger partial charge < -0.3 is 4.74 Å². The molecule has 3 atom stereocenters. The van der Waals surface area contributed by atoms with E-state index in [9.17, 15) is 0 Å². The van der Waals surface area contributed by atoms with Crippen molar-refractivity contribution in [1.82, 2.24) is 0 Å². The lowest BCUT2D eigenvalue weighted by atomic mass is 9.78. The third-order valence-electron chi connectivity index (χ3n) is 3.42. The van der Waals surface area contributed by atoms with Gasteiger partial charge in [0.15, 0.2) is 0 Å². The summed E-state index contributed by atoms with van der Waals surface area (Å²) in [5, 5.41) is 0. The van der Waals surface area contributed by atoms with Crippen LogP contribution in [-0.2, 0) is 4.74 Å². The molecule has 0 aromatic heterocycles. The molecule has 0 rings (SSSR count). The molecule has 0 heterocycles. The lowest BCUT2D eigenvalue weighted by Crippen LogP contribution is -2.20. The van der Waals surface area contributed by atoms with Crippen LogP contribution in [0, 0.1) is 23.7 Å². The number of ether oxygens (including phenoxy) is 1. The predicted molar refractivity (Wildman–Crippen MR) is 65.6 cm³/mol. The van der Waals surface area contributed by atoms with Gasteiger partial charge in [-0.15, -0.1) is 0 Å². The van der Waals surface area contributed by atoms with E-state index in [4.69, 9.17) is 0 Å². The Morgan fingerprint density at radius 3 is 1.43 bits per heavy atom. The van der Waals surface area contributed by atoms with E-state index in [1.165, 1.54) is 6.42 Å². The summed E-state index contributed by atoms with van der Waals surface area (Å²) in [5.74, 6) is 3.45.